The molecule has 0 aliphatic heterocycles. The lowest BCUT2D eigenvalue weighted by Crippen LogP contribution is -1.87. The highest BCUT2D eigenvalue weighted by atomic mass is 35.5. The minimum absolute atomic E-state index is 0.521. The Labute approximate surface area is 121 Å². The molecule has 0 heterocycles. The molecule has 0 saturated heterocycles. The van der Waals surface area contributed by atoms with E-state index >= 15 is 0 Å². The molecular weight excluding hydrogens is 278 g/mol. The number of nitriles is 1. The minimum atomic E-state index is 0.521. The lowest BCUT2D eigenvalue weighted by atomic mass is 10.1. The van der Waals surface area contributed by atoms with Crippen LogP contribution in [0.15, 0.2) is 47.4 Å². The Bertz CT molecular complexity index is 632. The van der Waals surface area contributed by atoms with Crippen LogP contribution in [-0.2, 0) is 5.75 Å². The molecule has 0 bridgehead atoms. The maximum Gasteiger partial charge on any atom is 0.150 e. The van der Waals surface area contributed by atoms with E-state index in [4.69, 9.17) is 16.9 Å². The third-order valence-corrected chi connectivity index (χ3v) is 3.96. The van der Waals surface area contributed by atoms with Gasteiger partial charge in [0.05, 0.1) is 5.56 Å². The zero-order chi connectivity index (χ0) is 13.7. The maximum absolute atomic E-state index is 10.7. The van der Waals surface area contributed by atoms with E-state index in [1.807, 2.05) is 30.3 Å². The van der Waals surface area contributed by atoms with Gasteiger partial charge in [0.2, 0.25) is 0 Å². The smallest absolute Gasteiger partial charge is 0.150 e. The summed E-state index contributed by atoms with van der Waals surface area (Å²) in [7, 11) is 0. The van der Waals surface area contributed by atoms with Crippen LogP contribution in [0.5, 0.6) is 0 Å². The van der Waals surface area contributed by atoms with Gasteiger partial charge < -0.3 is 0 Å². The van der Waals surface area contributed by atoms with E-state index in [-0.39, 0.29) is 0 Å². The summed E-state index contributed by atoms with van der Waals surface area (Å²) in [6.07, 6.45) is 0.745. The summed E-state index contributed by atoms with van der Waals surface area (Å²) >= 11 is 7.40. The highest BCUT2D eigenvalue weighted by Crippen LogP contribution is 2.27. The number of carbonyl (C=O) groups excluding carboxylic acids is 1. The number of rotatable bonds is 4. The SMILES string of the molecule is N#Cc1cc(C=O)ccc1SCc1ccc(Cl)cc1. The second-order valence-electron chi connectivity index (χ2n) is 3.90. The van der Waals surface area contributed by atoms with E-state index in [0.29, 0.717) is 16.1 Å². The van der Waals surface area contributed by atoms with Crippen molar-refractivity contribution >= 4 is 29.6 Å². The lowest BCUT2D eigenvalue weighted by molar-refractivity contribution is 0.112. The first-order chi connectivity index (χ1) is 9.22. The first-order valence-electron chi connectivity index (χ1n) is 5.59. The monoisotopic (exact) mass is 287 g/mol. The topological polar surface area (TPSA) is 40.9 Å². The van der Waals surface area contributed by atoms with Crippen LogP contribution in [0, 0.1) is 11.3 Å². The van der Waals surface area contributed by atoms with Gasteiger partial charge in [-0.05, 0) is 29.8 Å². The molecule has 4 heteroatoms. The molecule has 0 aliphatic rings. The Morgan fingerprint density at radius 2 is 1.95 bits per heavy atom. The molecule has 0 fully saturated rings. The van der Waals surface area contributed by atoms with Crippen LogP contribution in [0.1, 0.15) is 21.5 Å². The van der Waals surface area contributed by atoms with Gasteiger partial charge in [-0.3, -0.25) is 4.79 Å². The molecule has 19 heavy (non-hydrogen) atoms. The predicted molar refractivity (Wildman–Crippen MR) is 77.6 cm³/mol. The van der Waals surface area contributed by atoms with Crippen molar-refractivity contribution < 1.29 is 4.79 Å². The van der Waals surface area contributed by atoms with E-state index in [9.17, 15) is 4.79 Å². The molecule has 0 aliphatic carbocycles. The van der Waals surface area contributed by atoms with Gasteiger partial charge in [0.25, 0.3) is 0 Å². The van der Waals surface area contributed by atoms with Gasteiger partial charge in [-0.15, -0.1) is 11.8 Å². The number of aldehydes is 1. The van der Waals surface area contributed by atoms with Gasteiger partial charge in [0, 0.05) is 21.2 Å². The van der Waals surface area contributed by atoms with Crippen molar-refractivity contribution in [3.05, 3.63) is 64.2 Å². The van der Waals surface area contributed by atoms with Crippen molar-refractivity contribution in [2.75, 3.05) is 0 Å². The van der Waals surface area contributed by atoms with Crippen LogP contribution >= 0.6 is 23.4 Å². The second kappa shape index (κ2) is 6.42. The molecule has 2 rings (SSSR count). The van der Waals surface area contributed by atoms with E-state index in [0.717, 1.165) is 22.5 Å². The molecule has 2 aromatic rings. The van der Waals surface area contributed by atoms with Crippen LogP contribution in [0.3, 0.4) is 0 Å². The lowest BCUT2D eigenvalue weighted by Gasteiger charge is -2.05. The summed E-state index contributed by atoms with van der Waals surface area (Å²) in [6, 6.07) is 14.9. The van der Waals surface area contributed by atoms with Gasteiger partial charge in [-0.2, -0.15) is 5.26 Å². The average molecular weight is 288 g/mol. The summed E-state index contributed by atoms with van der Waals surface area (Å²) in [4.78, 5) is 11.5. The molecule has 0 N–H and O–H groups in total. The van der Waals surface area contributed by atoms with Gasteiger partial charge >= 0.3 is 0 Å². The molecular formula is C15H10ClNOS. The zero-order valence-corrected chi connectivity index (χ0v) is 11.5. The standard InChI is InChI=1S/C15H10ClNOS/c16-14-4-1-11(2-5-14)10-19-15-6-3-12(9-18)7-13(15)8-17/h1-7,9H,10H2. The summed E-state index contributed by atoms with van der Waals surface area (Å²) < 4.78 is 0. The minimum Gasteiger partial charge on any atom is -0.298 e. The van der Waals surface area contributed by atoms with E-state index < -0.39 is 0 Å². The number of benzene rings is 2. The zero-order valence-electron chi connectivity index (χ0n) is 9.97. The fraction of sp³-hybridized carbons (Fsp3) is 0.0667. The van der Waals surface area contributed by atoms with Gasteiger partial charge in [-0.25, -0.2) is 0 Å². The molecule has 0 amide bonds. The summed E-state index contributed by atoms with van der Waals surface area (Å²) in [5.74, 6) is 0.756. The fourth-order valence-electron chi connectivity index (χ4n) is 1.58. The number of nitrogens with zero attached hydrogens (tertiary/aromatic N) is 1. The number of hydrogen-bond donors (Lipinski definition) is 0. The summed E-state index contributed by atoms with van der Waals surface area (Å²) in [5.41, 5.74) is 2.19. The van der Waals surface area contributed by atoms with Crippen LogP contribution in [0.4, 0.5) is 0 Å². The molecule has 2 nitrogen and oxygen atoms in total. The first-order valence-corrected chi connectivity index (χ1v) is 6.96. The van der Waals surface area contributed by atoms with Crippen molar-refractivity contribution in [2.24, 2.45) is 0 Å². The molecule has 0 saturated carbocycles. The number of carbonyl (C=O) groups is 1. The maximum atomic E-state index is 10.7. The van der Waals surface area contributed by atoms with Gasteiger partial charge in [0.15, 0.2) is 0 Å². The van der Waals surface area contributed by atoms with E-state index in [1.165, 1.54) is 0 Å². The summed E-state index contributed by atoms with van der Waals surface area (Å²) in [5, 5.41) is 9.79. The third-order valence-electron chi connectivity index (χ3n) is 2.57. The molecule has 0 aromatic heterocycles. The first kappa shape index (κ1) is 13.7. The molecule has 0 unspecified atom stereocenters. The highest BCUT2D eigenvalue weighted by Gasteiger charge is 2.04. The Morgan fingerprint density at radius 3 is 2.58 bits per heavy atom. The molecule has 2 aromatic carbocycles. The second-order valence-corrected chi connectivity index (χ2v) is 5.35. The van der Waals surface area contributed by atoms with Crippen LogP contribution in [0.2, 0.25) is 5.02 Å². The quantitative estimate of drug-likeness (QED) is 0.621. The predicted octanol–water partition coefficient (Wildman–Crippen LogP) is 4.32. The van der Waals surface area contributed by atoms with Crippen molar-refractivity contribution in [1.29, 1.82) is 5.26 Å². The number of halogens is 1. The molecule has 94 valence electrons. The molecule has 0 spiro atoms. The van der Waals surface area contributed by atoms with Crippen LogP contribution < -0.4 is 0 Å². The third kappa shape index (κ3) is 3.60. The summed E-state index contributed by atoms with van der Waals surface area (Å²) in [6.45, 7) is 0. The Kier molecular flexibility index (Phi) is 4.62. The Morgan fingerprint density at radius 1 is 1.21 bits per heavy atom. The highest BCUT2D eigenvalue weighted by molar-refractivity contribution is 7.98. The normalized spacial score (nSPS) is 9.89. The van der Waals surface area contributed by atoms with E-state index in [2.05, 4.69) is 6.07 Å². The Balaban J connectivity index is 2.13. The largest absolute Gasteiger partial charge is 0.298 e. The van der Waals surface area contributed by atoms with E-state index in [1.54, 1.807) is 23.9 Å². The average Bonchev–Trinajstić information content (AvgIpc) is 2.46. The Hall–Kier alpha value is -1.76. The number of hydrogen-bond acceptors (Lipinski definition) is 3. The van der Waals surface area contributed by atoms with Crippen molar-refractivity contribution in [3.63, 3.8) is 0 Å². The number of thioether (sulfide) groups is 1. The van der Waals surface area contributed by atoms with Crippen LogP contribution in [-0.4, -0.2) is 6.29 Å². The van der Waals surface area contributed by atoms with Gasteiger partial charge in [-0.1, -0.05) is 29.8 Å². The fourth-order valence-corrected chi connectivity index (χ4v) is 2.64. The molecule has 0 atom stereocenters. The van der Waals surface area contributed by atoms with Crippen molar-refractivity contribution in [2.45, 2.75) is 10.6 Å². The molecule has 0 radical (unpaired) electrons. The van der Waals surface area contributed by atoms with Crippen molar-refractivity contribution in [3.8, 4) is 6.07 Å². The van der Waals surface area contributed by atoms with Crippen molar-refractivity contribution in [1.82, 2.24) is 0 Å². The van der Waals surface area contributed by atoms with Crippen LogP contribution in [0.25, 0.3) is 0 Å². The van der Waals surface area contributed by atoms with Gasteiger partial charge in [0.1, 0.15) is 12.4 Å².